The number of nitrogens with one attached hydrogen (secondary N) is 3. The predicted molar refractivity (Wildman–Crippen MR) is 103 cm³/mol. The Balaban J connectivity index is 1.41. The maximum Gasteiger partial charge on any atom is 0.240 e. The van der Waals surface area contributed by atoms with Crippen molar-refractivity contribution in [1.82, 2.24) is 25.7 Å². The lowest BCUT2D eigenvalue weighted by Gasteiger charge is -2.40. The lowest BCUT2D eigenvalue weighted by molar-refractivity contribution is -0.136. The number of benzene rings is 1. The first kappa shape index (κ1) is 18.0. The zero-order chi connectivity index (χ0) is 19.1. The highest BCUT2D eigenvalue weighted by Crippen LogP contribution is 2.28. The number of para-hydroxylation sites is 1. The van der Waals surface area contributed by atoms with Crippen LogP contribution in [0.3, 0.4) is 0 Å². The summed E-state index contributed by atoms with van der Waals surface area (Å²) in [4.78, 5) is 27.3. The minimum atomic E-state index is -0.550. The number of likely N-dealkylation sites (tertiary alicyclic amines) is 1. The molecule has 0 bridgehead atoms. The molecule has 1 aromatic carbocycles. The van der Waals surface area contributed by atoms with Gasteiger partial charge in [0, 0.05) is 31.6 Å². The molecule has 7 heteroatoms. The van der Waals surface area contributed by atoms with Gasteiger partial charge in [-0.2, -0.15) is 5.10 Å². The van der Waals surface area contributed by atoms with Gasteiger partial charge >= 0.3 is 0 Å². The van der Waals surface area contributed by atoms with Crippen LogP contribution in [0.1, 0.15) is 32.4 Å². The van der Waals surface area contributed by atoms with Crippen molar-refractivity contribution >= 4 is 22.7 Å². The van der Waals surface area contributed by atoms with Gasteiger partial charge < -0.3 is 15.5 Å². The van der Waals surface area contributed by atoms with Crippen LogP contribution in [0.4, 0.5) is 0 Å². The average Bonchev–Trinajstić information content (AvgIpc) is 3.03. The minimum Gasteiger partial charge on any atom is -0.354 e. The Hall–Kier alpha value is -2.41. The monoisotopic (exact) mass is 369 g/mol. The first-order chi connectivity index (χ1) is 12.9. The zero-order valence-electron chi connectivity index (χ0n) is 16.0. The van der Waals surface area contributed by atoms with Crippen molar-refractivity contribution in [2.45, 2.75) is 38.6 Å². The third-order valence-corrected chi connectivity index (χ3v) is 5.91. The molecule has 4 rings (SSSR count). The van der Waals surface area contributed by atoms with E-state index in [1.165, 1.54) is 0 Å². The first-order valence-electron chi connectivity index (χ1n) is 9.62. The number of carbonyl (C=O) groups is 2. The summed E-state index contributed by atoms with van der Waals surface area (Å²) in [6.07, 6.45) is 1.59. The van der Waals surface area contributed by atoms with Gasteiger partial charge in [-0.25, -0.2) is 0 Å². The summed E-state index contributed by atoms with van der Waals surface area (Å²) in [5.41, 5.74) is 1.21. The number of piperidine rings is 1. The summed E-state index contributed by atoms with van der Waals surface area (Å²) in [5, 5.41) is 14.8. The largest absolute Gasteiger partial charge is 0.354 e. The Bertz CT molecular complexity index is 864. The van der Waals surface area contributed by atoms with E-state index >= 15 is 0 Å². The standard InChI is InChI=1S/C20H27N5O2/c1-19(2)12-21-18(27)20(22-13-19)7-9-25(10-8-20)17(26)11-16-14-5-3-4-6-15(14)23-24-16/h3-6,22H,7-13H2,1-2H3,(H,21,27)(H,23,24). The summed E-state index contributed by atoms with van der Waals surface area (Å²) in [6.45, 7) is 6.94. The van der Waals surface area contributed by atoms with Crippen LogP contribution in [0.2, 0.25) is 0 Å². The smallest absolute Gasteiger partial charge is 0.240 e. The van der Waals surface area contributed by atoms with Crippen LogP contribution in [-0.4, -0.2) is 58.6 Å². The predicted octanol–water partition coefficient (Wildman–Crippen LogP) is 1.21. The number of aromatic nitrogens is 2. The molecule has 3 heterocycles. The molecule has 2 amide bonds. The number of fused-ring (bicyclic) bond motifs is 1. The van der Waals surface area contributed by atoms with Gasteiger partial charge in [0.05, 0.1) is 17.6 Å². The molecule has 3 N–H and O–H groups in total. The van der Waals surface area contributed by atoms with Gasteiger partial charge in [0.1, 0.15) is 5.54 Å². The summed E-state index contributed by atoms with van der Waals surface area (Å²) in [5.74, 6) is 0.147. The van der Waals surface area contributed by atoms with E-state index in [9.17, 15) is 9.59 Å². The summed E-state index contributed by atoms with van der Waals surface area (Å²) < 4.78 is 0. The van der Waals surface area contributed by atoms with Crippen molar-refractivity contribution < 1.29 is 9.59 Å². The van der Waals surface area contributed by atoms with E-state index in [1.807, 2.05) is 29.2 Å². The van der Waals surface area contributed by atoms with Gasteiger partial charge in [0.15, 0.2) is 0 Å². The number of aromatic amines is 1. The molecule has 2 saturated heterocycles. The third-order valence-electron chi connectivity index (χ3n) is 5.91. The molecule has 2 aliphatic heterocycles. The van der Waals surface area contributed by atoms with Gasteiger partial charge in [0.25, 0.3) is 0 Å². The lowest BCUT2D eigenvalue weighted by Crippen LogP contribution is -2.61. The number of carbonyl (C=O) groups excluding carboxylic acids is 2. The number of amides is 2. The van der Waals surface area contributed by atoms with E-state index in [-0.39, 0.29) is 17.2 Å². The molecule has 2 fully saturated rings. The van der Waals surface area contributed by atoms with E-state index < -0.39 is 5.54 Å². The zero-order valence-corrected chi connectivity index (χ0v) is 16.0. The van der Waals surface area contributed by atoms with Crippen LogP contribution in [0, 0.1) is 5.41 Å². The fourth-order valence-corrected chi connectivity index (χ4v) is 3.99. The minimum absolute atomic E-state index is 0.0355. The Labute approximate surface area is 158 Å². The van der Waals surface area contributed by atoms with Crippen molar-refractivity contribution in [3.05, 3.63) is 30.0 Å². The molecule has 2 aromatic rings. The van der Waals surface area contributed by atoms with Crippen LogP contribution in [-0.2, 0) is 16.0 Å². The number of rotatable bonds is 2. The number of hydrogen-bond acceptors (Lipinski definition) is 4. The molecule has 0 atom stereocenters. The van der Waals surface area contributed by atoms with E-state index in [0.717, 1.165) is 23.1 Å². The number of hydrogen-bond donors (Lipinski definition) is 3. The number of H-pyrrole nitrogens is 1. The Morgan fingerprint density at radius 1 is 1.19 bits per heavy atom. The highest BCUT2D eigenvalue weighted by atomic mass is 16.2. The lowest BCUT2D eigenvalue weighted by atomic mass is 9.86. The molecule has 27 heavy (non-hydrogen) atoms. The first-order valence-corrected chi connectivity index (χ1v) is 9.62. The maximum atomic E-state index is 12.8. The van der Waals surface area contributed by atoms with Crippen LogP contribution < -0.4 is 10.6 Å². The van der Waals surface area contributed by atoms with Gasteiger partial charge in [-0.05, 0) is 24.3 Å². The van der Waals surface area contributed by atoms with Gasteiger partial charge in [-0.15, -0.1) is 0 Å². The Morgan fingerprint density at radius 2 is 1.93 bits per heavy atom. The topological polar surface area (TPSA) is 90.1 Å². The van der Waals surface area contributed by atoms with Gasteiger partial charge in [0.2, 0.25) is 11.8 Å². The van der Waals surface area contributed by atoms with Crippen molar-refractivity contribution in [2.75, 3.05) is 26.2 Å². The number of nitrogens with zero attached hydrogens (tertiary/aromatic N) is 2. The van der Waals surface area contributed by atoms with E-state index in [4.69, 9.17) is 0 Å². The van der Waals surface area contributed by atoms with Crippen LogP contribution >= 0.6 is 0 Å². The molecule has 0 saturated carbocycles. The SMILES string of the molecule is CC1(C)CNC(=O)C2(CCN(C(=O)Cc3[nH]nc4ccccc34)CC2)NC1. The maximum absolute atomic E-state index is 12.8. The van der Waals surface area contributed by atoms with E-state index in [2.05, 4.69) is 34.7 Å². The summed E-state index contributed by atoms with van der Waals surface area (Å²) in [6, 6.07) is 7.80. The van der Waals surface area contributed by atoms with Crippen LogP contribution in [0.5, 0.6) is 0 Å². The molecule has 1 spiro atoms. The molecule has 144 valence electrons. The second-order valence-corrected chi connectivity index (χ2v) is 8.56. The molecule has 0 unspecified atom stereocenters. The van der Waals surface area contributed by atoms with Crippen molar-refractivity contribution in [3.8, 4) is 0 Å². The molecule has 0 radical (unpaired) electrons. The second kappa shape index (κ2) is 6.64. The van der Waals surface area contributed by atoms with Crippen molar-refractivity contribution in [2.24, 2.45) is 5.41 Å². The average molecular weight is 369 g/mol. The summed E-state index contributed by atoms with van der Waals surface area (Å²) in [7, 11) is 0. The highest BCUT2D eigenvalue weighted by molar-refractivity contribution is 5.89. The normalized spacial score (nSPS) is 21.9. The Morgan fingerprint density at radius 3 is 2.70 bits per heavy atom. The molecule has 7 nitrogen and oxygen atoms in total. The van der Waals surface area contributed by atoms with Crippen LogP contribution in [0.25, 0.3) is 10.9 Å². The molecule has 2 aliphatic rings. The van der Waals surface area contributed by atoms with Gasteiger partial charge in [-0.3, -0.25) is 14.7 Å². The second-order valence-electron chi connectivity index (χ2n) is 8.56. The van der Waals surface area contributed by atoms with Crippen molar-refractivity contribution in [1.29, 1.82) is 0 Å². The molecular weight excluding hydrogens is 342 g/mol. The molecule has 1 aromatic heterocycles. The third kappa shape index (κ3) is 3.43. The van der Waals surface area contributed by atoms with E-state index in [0.29, 0.717) is 38.9 Å². The van der Waals surface area contributed by atoms with Gasteiger partial charge in [-0.1, -0.05) is 32.0 Å². The summed E-state index contributed by atoms with van der Waals surface area (Å²) >= 11 is 0. The molecule has 0 aliphatic carbocycles. The Kier molecular flexibility index (Phi) is 4.42. The van der Waals surface area contributed by atoms with Crippen molar-refractivity contribution in [3.63, 3.8) is 0 Å². The molecular formula is C20H27N5O2. The quantitative estimate of drug-likeness (QED) is 0.742. The highest BCUT2D eigenvalue weighted by Gasteiger charge is 2.44. The fraction of sp³-hybridized carbons (Fsp3) is 0.550. The van der Waals surface area contributed by atoms with E-state index in [1.54, 1.807) is 0 Å². The van der Waals surface area contributed by atoms with Crippen LogP contribution in [0.15, 0.2) is 24.3 Å². The fourth-order valence-electron chi connectivity index (χ4n) is 3.99.